The molecule has 0 radical (unpaired) electrons. The number of hydrogen-bond acceptors (Lipinski definition) is 2. The van der Waals surface area contributed by atoms with E-state index in [1.165, 1.54) is 12.1 Å². The van der Waals surface area contributed by atoms with Gasteiger partial charge in [-0.05, 0) is 36.4 Å². The van der Waals surface area contributed by atoms with Crippen LogP contribution >= 0.6 is 0 Å². The van der Waals surface area contributed by atoms with Gasteiger partial charge >= 0.3 is 0 Å². The van der Waals surface area contributed by atoms with E-state index in [-0.39, 0.29) is 5.69 Å². The summed E-state index contributed by atoms with van der Waals surface area (Å²) < 4.78 is 39.1. The fourth-order valence-electron chi connectivity index (χ4n) is 1.41. The zero-order valence-corrected chi connectivity index (χ0v) is 9.05. The van der Waals surface area contributed by atoms with Gasteiger partial charge in [-0.3, -0.25) is 0 Å². The van der Waals surface area contributed by atoms with E-state index in [9.17, 15) is 13.2 Å². The van der Waals surface area contributed by atoms with Gasteiger partial charge < -0.3 is 5.32 Å². The SMILES string of the molecule is N#Cc1ccc(Nc2ccc(F)c(F)c2F)cc1. The van der Waals surface area contributed by atoms with Crippen LogP contribution in [-0.4, -0.2) is 0 Å². The maximum absolute atomic E-state index is 13.4. The number of rotatable bonds is 2. The summed E-state index contributed by atoms with van der Waals surface area (Å²) in [6.45, 7) is 0. The van der Waals surface area contributed by atoms with Crippen LogP contribution in [0.2, 0.25) is 0 Å². The van der Waals surface area contributed by atoms with Crippen molar-refractivity contribution in [1.82, 2.24) is 0 Å². The molecule has 0 saturated heterocycles. The predicted molar refractivity (Wildman–Crippen MR) is 60.8 cm³/mol. The van der Waals surface area contributed by atoms with Gasteiger partial charge in [0.2, 0.25) is 0 Å². The molecule has 0 aromatic heterocycles. The molecular weight excluding hydrogens is 241 g/mol. The first kappa shape index (κ1) is 12.0. The Morgan fingerprint density at radius 3 is 2.17 bits per heavy atom. The van der Waals surface area contributed by atoms with E-state index in [0.717, 1.165) is 12.1 Å². The van der Waals surface area contributed by atoms with Gasteiger partial charge in [0.15, 0.2) is 17.5 Å². The molecular formula is C13H7F3N2. The summed E-state index contributed by atoms with van der Waals surface area (Å²) in [4.78, 5) is 0. The number of nitrogens with one attached hydrogen (secondary N) is 1. The van der Waals surface area contributed by atoms with Crippen LogP contribution in [0.4, 0.5) is 24.5 Å². The lowest BCUT2D eigenvalue weighted by atomic mass is 10.2. The van der Waals surface area contributed by atoms with Crippen molar-refractivity contribution in [1.29, 1.82) is 5.26 Å². The Bertz CT molecular complexity index is 615. The zero-order chi connectivity index (χ0) is 13.1. The third-order valence-electron chi connectivity index (χ3n) is 2.33. The molecule has 5 heteroatoms. The molecule has 18 heavy (non-hydrogen) atoms. The summed E-state index contributed by atoms with van der Waals surface area (Å²) in [5.74, 6) is -4.04. The van der Waals surface area contributed by atoms with Gasteiger partial charge in [-0.15, -0.1) is 0 Å². The highest BCUT2D eigenvalue weighted by Gasteiger charge is 2.13. The molecule has 0 fully saturated rings. The van der Waals surface area contributed by atoms with E-state index < -0.39 is 17.5 Å². The quantitative estimate of drug-likeness (QED) is 0.822. The van der Waals surface area contributed by atoms with Gasteiger partial charge in [-0.25, -0.2) is 13.2 Å². The van der Waals surface area contributed by atoms with Gasteiger partial charge in [-0.1, -0.05) is 0 Å². The lowest BCUT2D eigenvalue weighted by Crippen LogP contribution is -1.98. The number of benzene rings is 2. The normalized spacial score (nSPS) is 9.89. The van der Waals surface area contributed by atoms with Crippen molar-refractivity contribution in [2.24, 2.45) is 0 Å². The van der Waals surface area contributed by atoms with E-state index in [1.807, 2.05) is 6.07 Å². The Morgan fingerprint density at radius 2 is 1.56 bits per heavy atom. The second kappa shape index (κ2) is 4.80. The topological polar surface area (TPSA) is 35.8 Å². The van der Waals surface area contributed by atoms with Crippen LogP contribution in [0.25, 0.3) is 0 Å². The summed E-state index contributed by atoms with van der Waals surface area (Å²) in [5, 5.41) is 11.2. The molecule has 0 bridgehead atoms. The number of anilines is 2. The van der Waals surface area contributed by atoms with Crippen LogP contribution in [0.5, 0.6) is 0 Å². The van der Waals surface area contributed by atoms with Crippen molar-refractivity contribution >= 4 is 11.4 Å². The predicted octanol–water partition coefficient (Wildman–Crippen LogP) is 3.72. The first-order valence-corrected chi connectivity index (χ1v) is 5.02. The number of halogens is 3. The van der Waals surface area contributed by atoms with Crippen LogP contribution in [0.1, 0.15) is 5.56 Å². The van der Waals surface area contributed by atoms with Crippen molar-refractivity contribution in [3.63, 3.8) is 0 Å². The van der Waals surface area contributed by atoms with Gasteiger partial charge in [-0.2, -0.15) is 5.26 Å². The minimum absolute atomic E-state index is 0.168. The molecule has 0 atom stereocenters. The molecule has 0 unspecified atom stereocenters. The van der Waals surface area contributed by atoms with Crippen LogP contribution in [0.3, 0.4) is 0 Å². The molecule has 2 aromatic carbocycles. The summed E-state index contributed by atoms with van der Waals surface area (Å²) in [6, 6.07) is 10.0. The van der Waals surface area contributed by atoms with Crippen LogP contribution in [0.15, 0.2) is 36.4 Å². The summed E-state index contributed by atoms with van der Waals surface area (Å²) in [6.07, 6.45) is 0. The van der Waals surface area contributed by atoms with Crippen LogP contribution in [-0.2, 0) is 0 Å². The molecule has 2 nitrogen and oxygen atoms in total. The smallest absolute Gasteiger partial charge is 0.196 e. The Balaban J connectivity index is 2.29. The average molecular weight is 248 g/mol. The highest BCUT2D eigenvalue weighted by Crippen LogP contribution is 2.23. The fraction of sp³-hybridized carbons (Fsp3) is 0. The first-order valence-electron chi connectivity index (χ1n) is 5.02. The molecule has 0 spiro atoms. The fourth-order valence-corrected chi connectivity index (χ4v) is 1.41. The van der Waals surface area contributed by atoms with Crippen molar-refractivity contribution in [3.8, 4) is 6.07 Å². The van der Waals surface area contributed by atoms with Crippen LogP contribution in [0, 0.1) is 28.8 Å². The molecule has 2 rings (SSSR count). The molecule has 0 aliphatic carbocycles. The van der Waals surface area contributed by atoms with Gasteiger partial charge in [0.05, 0.1) is 17.3 Å². The Morgan fingerprint density at radius 1 is 0.889 bits per heavy atom. The third-order valence-corrected chi connectivity index (χ3v) is 2.33. The average Bonchev–Trinajstić information content (AvgIpc) is 2.40. The highest BCUT2D eigenvalue weighted by atomic mass is 19.2. The van der Waals surface area contributed by atoms with E-state index in [2.05, 4.69) is 5.32 Å². The summed E-state index contributed by atoms with van der Waals surface area (Å²) >= 11 is 0. The largest absolute Gasteiger partial charge is 0.353 e. The van der Waals surface area contributed by atoms with Gasteiger partial charge in [0, 0.05) is 5.69 Å². The van der Waals surface area contributed by atoms with Crippen molar-refractivity contribution in [2.45, 2.75) is 0 Å². The Hall–Kier alpha value is -2.48. The van der Waals surface area contributed by atoms with E-state index in [4.69, 9.17) is 5.26 Å². The molecule has 1 N–H and O–H groups in total. The van der Waals surface area contributed by atoms with Crippen molar-refractivity contribution in [3.05, 3.63) is 59.4 Å². The molecule has 2 aromatic rings. The van der Waals surface area contributed by atoms with Gasteiger partial charge in [0.25, 0.3) is 0 Å². The van der Waals surface area contributed by atoms with Crippen LogP contribution < -0.4 is 5.32 Å². The number of nitrogens with zero attached hydrogens (tertiary/aromatic N) is 1. The summed E-state index contributed by atoms with van der Waals surface area (Å²) in [7, 11) is 0. The Kier molecular flexibility index (Phi) is 3.20. The molecule has 90 valence electrons. The number of hydrogen-bond donors (Lipinski definition) is 1. The Labute approximate surface area is 101 Å². The third kappa shape index (κ3) is 2.28. The lowest BCUT2D eigenvalue weighted by molar-refractivity contribution is 0.449. The molecule has 0 amide bonds. The lowest BCUT2D eigenvalue weighted by Gasteiger charge is -2.08. The first-order chi connectivity index (χ1) is 8.61. The van der Waals surface area contributed by atoms with E-state index >= 15 is 0 Å². The van der Waals surface area contributed by atoms with E-state index in [0.29, 0.717) is 11.3 Å². The van der Waals surface area contributed by atoms with E-state index in [1.54, 1.807) is 12.1 Å². The van der Waals surface area contributed by atoms with Crippen molar-refractivity contribution < 1.29 is 13.2 Å². The van der Waals surface area contributed by atoms with Crippen molar-refractivity contribution in [2.75, 3.05) is 5.32 Å². The molecule has 0 aliphatic rings. The molecule has 0 heterocycles. The standard InChI is InChI=1S/C13H7F3N2/c14-10-5-6-11(13(16)12(10)15)18-9-3-1-8(7-17)2-4-9/h1-6,18H. The maximum atomic E-state index is 13.4. The zero-order valence-electron chi connectivity index (χ0n) is 9.05. The second-order valence-corrected chi connectivity index (χ2v) is 3.54. The minimum atomic E-state index is -1.52. The monoisotopic (exact) mass is 248 g/mol. The highest BCUT2D eigenvalue weighted by molar-refractivity contribution is 5.61. The minimum Gasteiger partial charge on any atom is -0.353 e. The molecule has 0 saturated carbocycles. The number of nitriles is 1. The van der Waals surface area contributed by atoms with Gasteiger partial charge in [0.1, 0.15) is 0 Å². The molecule has 0 aliphatic heterocycles. The summed E-state index contributed by atoms with van der Waals surface area (Å²) in [5.41, 5.74) is 0.754. The maximum Gasteiger partial charge on any atom is 0.196 e. The second-order valence-electron chi connectivity index (χ2n) is 3.54.